The summed E-state index contributed by atoms with van der Waals surface area (Å²) in [6.07, 6.45) is 0. The lowest BCUT2D eigenvalue weighted by Crippen LogP contribution is -2.37. The number of benzene rings is 1. The van der Waals surface area contributed by atoms with E-state index < -0.39 is 11.5 Å². The Hall–Kier alpha value is -0.870. The van der Waals surface area contributed by atoms with Crippen LogP contribution in [0.1, 0.15) is 25.5 Å². The molecule has 0 aliphatic carbocycles. The SMILES string of the molecule is COC(=O)C(C)(C)[C@H](N)c1cccc(Br)c1. The van der Waals surface area contributed by atoms with Crippen LogP contribution in [0.2, 0.25) is 0 Å². The van der Waals surface area contributed by atoms with Gasteiger partial charge in [0.05, 0.1) is 12.5 Å². The van der Waals surface area contributed by atoms with Crippen LogP contribution >= 0.6 is 15.9 Å². The topological polar surface area (TPSA) is 52.3 Å². The van der Waals surface area contributed by atoms with Crippen molar-refractivity contribution in [3.63, 3.8) is 0 Å². The summed E-state index contributed by atoms with van der Waals surface area (Å²) in [7, 11) is 1.37. The summed E-state index contributed by atoms with van der Waals surface area (Å²) < 4.78 is 5.70. The number of ether oxygens (including phenoxy) is 1. The molecule has 0 unspecified atom stereocenters. The number of nitrogens with two attached hydrogens (primary N) is 1. The van der Waals surface area contributed by atoms with Crippen LogP contribution in [0.4, 0.5) is 0 Å². The van der Waals surface area contributed by atoms with Gasteiger partial charge in [0.2, 0.25) is 0 Å². The first-order valence-electron chi connectivity index (χ1n) is 4.99. The molecule has 1 aromatic rings. The third kappa shape index (κ3) is 2.62. The molecule has 4 heteroatoms. The van der Waals surface area contributed by atoms with Gasteiger partial charge in [-0.1, -0.05) is 28.1 Å². The van der Waals surface area contributed by atoms with Crippen molar-refractivity contribution in [2.45, 2.75) is 19.9 Å². The molecule has 0 aromatic heterocycles. The van der Waals surface area contributed by atoms with Crippen molar-refractivity contribution >= 4 is 21.9 Å². The number of hydrogen-bond donors (Lipinski definition) is 1. The van der Waals surface area contributed by atoms with Crippen LogP contribution in [0, 0.1) is 5.41 Å². The summed E-state index contributed by atoms with van der Waals surface area (Å²) in [5.74, 6) is -0.306. The van der Waals surface area contributed by atoms with E-state index in [4.69, 9.17) is 10.5 Å². The van der Waals surface area contributed by atoms with Gasteiger partial charge in [-0.25, -0.2) is 0 Å². The van der Waals surface area contributed by atoms with E-state index in [9.17, 15) is 4.79 Å². The van der Waals surface area contributed by atoms with E-state index in [-0.39, 0.29) is 5.97 Å². The van der Waals surface area contributed by atoms with E-state index in [0.717, 1.165) is 10.0 Å². The highest BCUT2D eigenvalue weighted by Gasteiger charge is 2.36. The van der Waals surface area contributed by atoms with Crippen molar-refractivity contribution in [2.24, 2.45) is 11.1 Å². The molecule has 1 atom stereocenters. The van der Waals surface area contributed by atoms with Crippen molar-refractivity contribution in [1.29, 1.82) is 0 Å². The second kappa shape index (κ2) is 4.97. The third-order valence-corrected chi connectivity index (χ3v) is 3.19. The fraction of sp³-hybridized carbons (Fsp3) is 0.417. The maximum Gasteiger partial charge on any atom is 0.313 e. The van der Waals surface area contributed by atoms with E-state index >= 15 is 0 Å². The zero-order valence-corrected chi connectivity index (χ0v) is 11.2. The van der Waals surface area contributed by atoms with Crippen molar-refractivity contribution in [1.82, 2.24) is 0 Å². The summed E-state index contributed by atoms with van der Waals surface area (Å²) in [6, 6.07) is 7.24. The van der Waals surface area contributed by atoms with Crippen molar-refractivity contribution in [3.8, 4) is 0 Å². The Labute approximate surface area is 104 Å². The predicted molar refractivity (Wildman–Crippen MR) is 66.9 cm³/mol. The minimum Gasteiger partial charge on any atom is -0.469 e. The highest BCUT2D eigenvalue weighted by molar-refractivity contribution is 9.10. The Morgan fingerprint density at radius 1 is 1.50 bits per heavy atom. The van der Waals surface area contributed by atoms with E-state index in [1.165, 1.54) is 7.11 Å². The Morgan fingerprint density at radius 3 is 2.62 bits per heavy atom. The van der Waals surface area contributed by atoms with Crippen LogP contribution in [0.3, 0.4) is 0 Å². The molecule has 1 rings (SSSR count). The second-order valence-corrected chi connectivity index (χ2v) is 5.16. The van der Waals surface area contributed by atoms with Crippen LogP contribution in [-0.4, -0.2) is 13.1 Å². The zero-order valence-electron chi connectivity index (χ0n) is 9.66. The Bertz CT molecular complexity index is 390. The number of rotatable bonds is 3. The number of esters is 1. The largest absolute Gasteiger partial charge is 0.469 e. The highest BCUT2D eigenvalue weighted by Crippen LogP contribution is 2.33. The summed E-state index contributed by atoms with van der Waals surface area (Å²) in [5, 5.41) is 0. The highest BCUT2D eigenvalue weighted by atomic mass is 79.9. The molecular weight excluding hydrogens is 270 g/mol. The van der Waals surface area contributed by atoms with E-state index in [1.807, 2.05) is 24.3 Å². The molecule has 0 fully saturated rings. The summed E-state index contributed by atoms with van der Waals surface area (Å²) in [5.41, 5.74) is 6.26. The van der Waals surface area contributed by atoms with Gasteiger partial charge in [-0.3, -0.25) is 4.79 Å². The van der Waals surface area contributed by atoms with Gasteiger partial charge in [0.15, 0.2) is 0 Å². The zero-order chi connectivity index (χ0) is 12.3. The lowest BCUT2D eigenvalue weighted by Gasteiger charge is -2.29. The van der Waals surface area contributed by atoms with Gasteiger partial charge in [0.1, 0.15) is 0 Å². The predicted octanol–water partition coefficient (Wildman–Crippen LogP) is 2.65. The summed E-state index contributed by atoms with van der Waals surface area (Å²) >= 11 is 3.38. The Balaban J connectivity index is 3.01. The lowest BCUT2D eigenvalue weighted by molar-refractivity contribution is -0.152. The van der Waals surface area contributed by atoms with Gasteiger partial charge in [-0.05, 0) is 31.5 Å². The van der Waals surface area contributed by atoms with Crippen LogP contribution < -0.4 is 5.73 Å². The second-order valence-electron chi connectivity index (χ2n) is 4.25. The van der Waals surface area contributed by atoms with Crippen LogP contribution in [0.5, 0.6) is 0 Å². The maximum atomic E-state index is 11.6. The van der Waals surface area contributed by atoms with Crippen LogP contribution in [0.15, 0.2) is 28.7 Å². The third-order valence-electron chi connectivity index (χ3n) is 2.70. The molecule has 0 bridgehead atoms. The molecule has 0 aliphatic heterocycles. The van der Waals surface area contributed by atoms with Crippen LogP contribution in [0.25, 0.3) is 0 Å². The summed E-state index contributed by atoms with van der Waals surface area (Å²) in [6.45, 7) is 3.56. The molecule has 0 heterocycles. The molecule has 0 spiro atoms. The minimum absolute atomic E-state index is 0.306. The van der Waals surface area contributed by atoms with Crippen molar-refractivity contribution in [2.75, 3.05) is 7.11 Å². The minimum atomic E-state index is -0.741. The molecule has 0 aliphatic rings. The lowest BCUT2D eigenvalue weighted by atomic mass is 9.81. The number of hydrogen-bond acceptors (Lipinski definition) is 3. The van der Waals surface area contributed by atoms with Gasteiger partial charge < -0.3 is 10.5 Å². The first kappa shape index (κ1) is 13.2. The smallest absolute Gasteiger partial charge is 0.313 e. The Kier molecular flexibility index (Phi) is 4.10. The molecule has 0 amide bonds. The Morgan fingerprint density at radius 2 is 2.12 bits per heavy atom. The standard InChI is InChI=1S/C12H16BrNO2/c1-12(2,11(15)16-3)10(14)8-5-4-6-9(13)7-8/h4-7,10H,14H2,1-3H3/t10-/m1/s1. The van der Waals surface area contributed by atoms with Crippen molar-refractivity contribution in [3.05, 3.63) is 34.3 Å². The molecule has 0 saturated heterocycles. The number of carbonyl (C=O) groups is 1. The maximum absolute atomic E-state index is 11.6. The monoisotopic (exact) mass is 285 g/mol. The average molecular weight is 286 g/mol. The first-order valence-corrected chi connectivity index (χ1v) is 5.78. The quantitative estimate of drug-likeness (QED) is 0.869. The molecule has 2 N–H and O–H groups in total. The fourth-order valence-electron chi connectivity index (χ4n) is 1.51. The molecular formula is C12H16BrNO2. The molecule has 88 valence electrons. The number of methoxy groups -OCH3 is 1. The average Bonchev–Trinajstić information content (AvgIpc) is 2.26. The normalized spacial score (nSPS) is 13.3. The number of carbonyl (C=O) groups excluding carboxylic acids is 1. The molecule has 1 aromatic carbocycles. The molecule has 0 saturated carbocycles. The number of halogens is 1. The summed E-state index contributed by atoms with van der Waals surface area (Å²) in [4.78, 5) is 11.6. The first-order chi connectivity index (χ1) is 7.39. The molecule has 16 heavy (non-hydrogen) atoms. The molecule has 3 nitrogen and oxygen atoms in total. The van der Waals surface area contributed by atoms with E-state index in [2.05, 4.69) is 15.9 Å². The van der Waals surface area contributed by atoms with E-state index in [1.54, 1.807) is 13.8 Å². The van der Waals surface area contributed by atoms with Gasteiger partial charge in [-0.15, -0.1) is 0 Å². The van der Waals surface area contributed by atoms with Gasteiger partial charge in [0, 0.05) is 10.5 Å². The van der Waals surface area contributed by atoms with E-state index in [0.29, 0.717) is 0 Å². The van der Waals surface area contributed by atoms with Gasteiger partial charge in [-0.2, -0.15) is 0 Å². The molecule has 0 radical (unpaired) electrons. The van der Waals surface area contributed by atoms with Gasteiger partial charge >= 0.3 is 5.97 Å². The van der Waals surface area contributed by atoms with Crippen molar-refractivity contribution < 1.29 is 9.53 Å². The van der Waals surface area contributed by atoms with Gasteiger partial charge in [0.25, 0.3) is 0 Å². The van der Waals surface area contributed by atoms with Crippen LogP contribution in [-0.2, 0) is 9.53 Å². The fourth-order valence-corrected chi connectivity index (χ4v) is 1.92.